The Hall–Kier alpha value is 0.100. The summed E-state index contributed by atoms with van der Waals surface area (Å²) in [4.78, 5) is 0. The Bertz CT molecular complexity index is 637. The molecule has 3 fully saturated rings. The van der Waals surface area contributed by atoms with Gasteiger partial charge in [-0.15, -0.1) is 23.2 Å². The molecule has 0 amide bonds. The van der Waals surface area contributed by atoms with Gasteiger partial charge < -0.3 is 0 Å². The first-order chi connectivity index (χ1) is 13.6. The first kappa shape index (κ1) is 21.3. The zero-order valence-corrected chi connectivity index (χ0v) is 19.7. The normalized spacial score (nSPS) is 25.5. The van der Waals surface area contributed by atoms with Crippen LogP contribution in [0.15, 0.2) is 30.3 Å². The summed E-state index contributed by atoms with van der Waals surface area (Å²) < 4.78 is -0.474. The topological polar surface area (TPSA) is 0 Å². The van der Waals surface area contributed by atoms with E-state index in [0.717, 1.165) is 29.8 Å². The molecule has 0 aromatic heterocycles. The molecule has 0 spiro atoms. The van der Waals surface area contributed by atoms with Crippen LogP contribution in [0.2, 0.25) is 0 Å². The molecule has 1 aromatic rings. The lowest BCUT2D eigenvalue weighted by Crippen LogP contribution is -2.35. The van der Waals surface area contributed by atoms with E-state index in [-0.39, 0.29) is 0 Å². The SMILES string of the molecule is ClC1(Cl)CCC(P(=Cc2ccccc2)(C2CCCCC2)C2CCCCC2)CC1. The number of rotatable bonds is 4. The first-order valence-electron chi connectivity index (χ1n) is 11.8. The van der Waals surface area contributed by atoms with E-state index in [0.29, 0.717) is 0 Å². The van der Waals surface area contributed by atoms with Crippen molar-refractivity contribution in [3.63, 3.8) is 0 Å². The Kier molecular flexibility index (Phi) is 7.23. The molecule has 3 aliphatic rings. The lowest BCUT2D eigenvalue weighted by Gasteiger charge is -2.51. The highest BCUT2D eigenvalue weighted by Crippen LogP contribution is 2.70. The Morgan fingerprint density at radius 2 is 1.14 bits per heavy atom. The summed E-state index contributed by atoms with van der Waals surface area (Å²) in [6.07, 6.45) is 19.0. The van der Waals surface area contributed by atoms with Gasteiger partial charge in [-0.1, -0.05) is 81.5 Å². The first-order valence-corrected chi connectivity index (χ1v) is 14.6. The molecule has 28 heavy (non-hydrogen) atoms. The van der Waals surface area contributed by atoms with Gasteiger partial charge in [0, 0.05) is 0 Å². The van der Waals surface area contributed by atoms with Crippen molar-refractivity contribution in [2.24, 2.45) is 0 Å². The summed E-state index contributed by atoms with van der Waals surface area (Å²) in [6.45, 7) is -1.24. The number of hydrogen-bond acceptors (Lipinski definition) is 0. The third-order valence-electron chi connectivity index (χ3n) is 7.91. The van der Waals surface area contributed by atoms with Crippen molar-refractivity contribution in [2.75, 3.05) is 0 Å². The van der Waals surface area contributed by atoms with Crippen molar-refractivity contribution < 1.29 is 0 Å². The zero-order chi connectivity index (χ0) is 19.5. The molecule has 0 radical (unpaired) electrons. The number of alkyl halides is 2. The minimum Gasteiger partial charge on any atom is -0.102 e. The standard InChI is InChI=1S/C25H37Cl2P/c26-25(27)18-16-24(17-19-25)28(22-12-6-2-7-13-22,23-14-8-3-9-15-23)20-21-10-4-1-5-11-21/h1,4-5,10-11,20,22-24H,2-3,6-9,12-19H2. The lowest BCUT2D eigenvalue weighted by molar-refractivity contribution is 0.449. The quantitative estimate of drug-likeness (QED) is 0.325. The zero-order valence-electron chi connectivity index (χ0n) is 17.3. The maximum atomic E-state index is 6.59. The van der Waals surface area contributed by atoms with Crippen LogP contribution in [0, 0.1) is 0 Å². The lowest BCUT2D eigenvalue weighted by atomic mass is 9.98. The van der Waals surface area contributed by atoms with Crippen LogP contribution >= 0.6 is 30.1 Å². The largest absolute Gasteiger partial charge is 0.118 e. The summed E-state index contributed by atoms with van der Waals surface area (Å²) in [5.41, 5.74) is 4.24. The maximum Gasteiger partial charge on any atom is 0.118 e. The van der Waals surface area contributed by atoms with Crippen LogP contribution in [0.5, 0.6) is 0 Å². The smallest absolute Gasteiger partial charge is 0.102 e. The molecule has 3 saturated carbocycles. The molecular weight excluding hydrogens is 402 g/mol. The molecule has 1 aromatic carbocycles. The summed E-state index contributed by atoms with van der Waals surface area (Å²) in [7, 11) is 0. The summed E-state index contributed by atoms with van der Waals surface area (Å²) >= 11 is 13.2. The van der Waals surface area contributed by atoms with Gasteiger partial charge in [-0.3, -0.25) is 0 Å². The van der Waals surface area contributed by atoms with E-state index in [9.17, 15) is 0 Å². The monoisotopic (exact) mass is 438 g/mol. The molecule has 0 heterocycles. The Balaban J connectivity index is 1.79. The molecule has 0 nitrogen and oxygen atoms in total. The van der Waals surface area contributed by atoms with E-state index < -0.39 is 11.2 Å². The predicted octanol–water partition coefficient (Wildman–Crippen LogP) is 8.64. The highest BCUT2D eigenvalue weighted by atomic mass is 35.5. The Morgan fingerprint density at radius 3 is 1.64 bits per heavy atom. The van der Waals surface area contributed by atoms with Crippen molar-refractivity contribution in [3.05, 3.63) is 35.9 Å². The maximum absolute atomic E-state index is 6.59. The van der Waals surface area contributed by atoms with Crippen LogP contribution in [0.25, 0.3) is 0 Å². The highest BCUT2D eigenvalue weighted by molar-refractivity contribution is 7.77. The molecule has 0 N–H and O–H groups in total. The van der Waals surface area contributed by atoms with Gasteiger partial charge in [0.15, 0.2) is 0 Å². The van der Waals surface area contributed by atoms with Crippen LogP contribution in [0.1, 0.15) is 95.5 Å². The molecule has 3 heteroatoms. The van der Waals surface area contributed by atoms with Crippen LogP contribution in [0.3, 0.4) is 0 Å². The van der Waals surface area contributed by atoms with Crippen LogP contribution < -0.4 is 0 Å². The fourth-order valence-corrected chi connectivity index (χ4v) is 13.8. The van der Waals surface area contributed by atoms with Gasteiger partial charge in [0.1, 0.15) is 4.33 Å². The molecule has 0 atom stereocenters. The van der Waals surface area contributed by atoms with Crippen molar-refractivity contribution in [1.82, 2.24) is 0 Å². The van der Waals surface area contributed by atoms with Crippen molar-refractivity contribution in [3.8, 4) is 0 Å². The van der Waals surface area contributed by atoms with Gasteiger partial charge in [0.2, 0.25) is 0 Å². The number of benzene rings is 1. The third kappa shape index (κ3) is 4.71. The summed E-state index contributed by atoms with van der Waals surface area (Å²) in [5, 5.41) is 0. The van der Waals surface area contributed by atoms with Gasteiger partial charge >= 0.3 is 0 Å². The second kappa shape index (κ2) is 9.49. The average Bonchev–Trinajstić information content (AvgIpc) is 2.74. The van der Waals surface area contributed by atoms with E-state index in [1.54, 1.807) is 0 Å². The van der Waals surface area contributed by atoms with Crippen molar-refractivity contribution in [2.45, 2.75) is 111 Å². The van der Waals surface area contributed by atoms with Gasteiger partial charge in [0.25, 0.3) is 0 Å². The van der Waals surface area contributed by atoms with E-state index >= 15 is 0 Å². The minimum atomic E-state index is -1.24. The van der Waals surface area contributed by atoms with Crippen LogP contribution in [-0.4, -0.2) is 27.1 Å². The average molecular weight is 439 g/mol. The van der Waals surface area contributed by atoms with Crippen molar-refractivity contribution in [1.29, 1.82) is 0 Å². The second-order valence-electron chi connectivity index (χ2n) is 9.61. The molecule has 0 aliphatic heterocycles. The summed E-state index contributed by atoms with van der Waals surface area (Å²) in [5.74, 6) is 2.87. The molecule has 156 valence electrons. The fourth-order valence-electron chi connectivity index (χ4n) is 6.54. The molecular formula is C25H37Cl2P. The van der Waals surface area contributed by atoms with E-state index in [4.69, 9.17) is 23.2 Å². The van der Waals surface area contributed by atoms with Gasteiger partial charge in [-0.2, -0.15) is 0 Å². The second-order valence-corrected chi connectivity index (χ2v) is 15.5. The minimum absolute atomic E-state index is 0.474. The fraction of sp³-hybridized carbons (Fsp3) is 0.720. The van der Waals surface area contributed by atoms with Gasteiger partial charge in [-0.25, -0.2) is 0 Å². The molecule has 0 saturated heterocycles. The van der Waals surface area contributed by atoms with Gasteiger partial charge in [-0.05, 0) is 73.9 Å². The van der Waals surface area contributed by atoms with Crippen LogP contribution in [0.4, 0.5) is 0 Å². The molecule has 0 unspecified atom stereocenters. The van der Waals surface area contributed by atoms with Crippen LogP contribution in [-0.2, 0) is 0 Å². The molecule has 3 aliphatic carbocycles. The Morgan fingerprint density at radius 1 is 0.679 bits per heavy atom. The third-order valence-corrected chi connectivity index (χ3v) is 14.8. The van der Waals surface area contributed by atoms with E-state index in [2.05, 4.69) is 36.1 Å². The molecule has 4 rings (SSSR count). The number of halogens is 2. The number of hydrogen-bond donors (Lipinski definition) is 0. The summed E-state index contributed by atoms with van der Waals surface area (Å²) in [6, 6.07) is 11.3. The Labute approximate surface area is 182 Å². The van der Waals surface area contributed by atoms with E-state index in [1.165, 1.54) is 82.6 Å². The van der Waals surface area contributed by atoms with Crippen molar-refractivity contribution >= 4 is 35.9 Å². The molecule has 0 bridgehead atoms. The predicted molar refractivity (Wildman–Crippen MR) is 129 cm³/mol. The van der Waals surface area contributed by atoms with E-state index in [1.807, 2.05) is 0 Å². The highest BCUT2D eigenvalue weighted by Gasteiger charge is 2.45. The van der Waals surface area contributed by atoms with Gasteiger partial charge in [0.05, 0.1) is 0 Å².